The minimum Gasteiger partial charge on any atom is -0.406 e. The largest absolute Gasteiger partial charge is 0.573 e. The van der Waals surface area contributed by atoms with Crippen LogP contribution in [0.15, 0.2) is 18.2 Å². The first-order chi connectivity index (χ1) is 9.97. The average Bonchev–Trinajstić information content (AvgIpc) is 2.69. The Bertz CT molecular complexity index is 702. The van der Waals surface area contributed by atoms with E-state index in [1.165, 1.54) is 13.0 Å². The van der Waals surface area contributed by atoms with Gasteiger partial charge in [-0.2, -0.15) is 8.42 Å². The topological polar surface area (TPSA) is 63.7 Å². The molecule has 22 heavy (non-hydrogen) atoms. The fourth-order valence-corrected chi connectivity index (χ4v) is 2.89. The Morgan fingerprint density at radius 3 is 2.41 bits per heavy atom. The first-order valence-electron chi connectivity index (χ1n) is 6.07. The molecule has 122 valence electrons. The predicted octanol–water partition coefficient (Wildman–Crippen LogP) is 2.30. The van der Waals surface area contributed by atoms with E-state index in [1.807, 2.05) is 0 Å². The van der Waals surface area contributed by atoms with Crippen LogP contribution in [0.5, 0.6) is 5.75 Å². The summed E-state index contributed by atoms with van der Waals surface area (Å²) >= 11 is 0. The SMILES string of the molecule is Cc1cc(OC(F)(F)F)ccc1N1CC(S(=O)(=O)F)CC1=O. The molecule has 0 spiro atoms. The van der Waals surface area contributed by atoms with E-state index in [9.17, 15) is 30.3 Å². The third-order valence-electron chi connectivity index (χ3n) is 3.18. The first kappa shape index (κ1) is 16.5. The second-order valence-corrected chi connectivity index (χ2v) is 6.42. The molecule has 0 radical (unpaired) electrons. The summed E-state index contributed by atoms with van der Waals surface area (Å²) < 4.78 is 74.8. The summed E-state index contributed by atoms with van der Waals surface area (Å²) in [6.07, 6.45) is -5.34. The molecular weight excluding hydrogens is 330 g/mol. The fraction of sp³-hybridized carbons (Fsp3) is 0.417. The van der Waals surface area contributed by atoms with Gasteiger partial charge in [-0.05, 0) is 30.7 Å². The lowest BCUT2D eigenvalue weighted by Gasteiger charge is -2.19. The van der Waals surface area contributed by atoms with Crippen LogP contribution in [-0.4, -0.2) is 32.5 Å². The Labute approximate surface area is 123 Å². The van der Waals surface area contributed by atoms with Crippen LogP contribution in [0.3, 0.4) is 0 Å². The third kappa shape index (κ3) is 3.67. The third-order valence-corrected chi connectivity index (χ3v) is 4.29. The van der Waals surface area contributed by atoms with Crippen LogP contribution < -0.4 is 9.64 Å². The normalized spacial score (nSPS) is 19.6. The van der Waals surface area contributed by atoms with E-state index in [2.05, 4.69) is 4.74 Å². The van der Waals surface area contributed by atoms with Gasteiger partial charge in [-0.3, -0.25) is 4.79 Å². The lowest BCUT2D eigenvalue weighted by atomic mass is 10.1. The molecule has 0 aliphatic carbocycles. The zero-order valence-electron chi connectivity index (χ0n) is 11.2. The Hall–Kier alpha value is -1.84. The van der Waals surface area contributed by atoms with E-state index in [-0.39, 0.29) is 17.8 Å². The van der Waals surface area contributed by atoms with Crippen LogP contribution in [0.4, 0.5) is 22.7 Å². The van der Waals surface area contributed by atoms with E-state index in [0.717, 1.165) is 17.0 Å². The minimum atomic E-state index is -4.86. The highest BCUT2D eigenvalue weighted by Crippen LogP contribution is 2.32. The molecule has 1 heterocycles. The van der Waals surface area contributed by atoms with Crippen LogP contribution in [0.25, 0.3) is 0 Å². The molecule has 1 aliphatic heterocycles. The minimum absolute atomic E-state index is 0.214. The Morgan fingerprint density at radius 2 is 1.95 bits per heavy atom. The molecule has 1 aliphatic rings. The van der Waals surface area contributed by atoms with Gasteiger partial charge in [0.25, 0.3) is 0 Å². The van der Waals surface area contributed by atoms with Gasteiger partial charge in [0.1, 0.15) is 11.0 Å². The summed E-state index contributed by atoms with van der Waals surface area (Å²) in [5.74, 6) is -1.08. The molecule has 0 bridgehead atoms. The zero-order chi connectivity index (χ0) is 16.7. The molecule has 1 fully saturated rings. The number of rotatable bonds is 3. The number of ether oxygens (including phenoxy) is 1. The van der Waals surface area contributed by atoms with Crippen LogP contribution >= 0.6 is 0 Å². The summed E-state index contributed by atoms with van der Waals surface area (Å²) in [7, 11) is -4.86. The number of anilines is 1. The van der Waals surface area contributed by atoms with Gasteiger partial charge in [-0.1, -0.05) is 0 Å². The van der Waals surface area contributed by atoms with Gasteiger partial charge in [0.15, 0.2) is 0 Å². The maximum absolute atomic E-state index is 13.0. The summed E-state index contributed by atoms with van der Waals surface area (Å²) in [5.41, 5.74) is 0.484. The molecule has 0 N–H and O–H groups in total. The summed E-state index contributed by atoms with van der Waals surface area (Å²) in [4.78, 5) is 12.8. The number of nitrogens with zero attached hydrogens (tertiary/aromatic N) is 1. The van der Waals surface area contributed by atoms with Crippen molar-refractivity contribution in [1.29, 1.82) is 0 Å². The molecular formula is C12H11F4NO4S. The highest BCUT2D eigenvalue weighted by atomic mass is 32.3. The van der Waals surface area contributed by atoms with Gasteiger partial charge in [0.05, 0.1) is 0 Å². The number of hydrogen-bond donors (Lipinski definition) is 0. The quantitative estimate of drug-likeness (QED) is 0.625. The van der Waals surface area contributed by atoms with E-state index < -0.39 is 39.9 Å². The number of aryl methyl sites for hydroxylation is 1. The van der Waals surface area contributed by atoms with Gasteiger partial charge >= 0.3 is 16.6 Å². The molecule has 0 saturated carbocycles. The molecule has 10 heteroatoms. The maximum atomic E-state index is 13.0. The number of halogens is 4. The van der Waals surface area contributed by atoms with Gasteiger partial charge in [-0.15, -0.1) is 17.1 Å². The summed E-state index contributed by atoms with van der Waals surface area (Å²) in [6, 6.07) is 3.26. The molecule has 0 aromatic heterocycles. The highest BCUT2D eigenvalue weighted by Gasteiger charge is 2.39. The summed E-state index contributed by atoms with van der Waals surface area (Å²) in [6.45, 7) is 1.06. The van der Waals surface area contributed by atoms with E-state index in [4.69, 9.17) is 0 Å². The summed E-state index contributed by atoms with van der Waals surface area (Å²) in [5, 5.41) is -1.47. The van der Waals surface area contributed by atoms with Gasteiger partial charge in [0, 0.05) is 18.7 Å². The van der Waals surface area contributed by atoms with Crippen LogP contribution in [0.1, 0.15) is 12.0 Å². The van der Waals surface area contributed by atoms with E-state index in [0.29, 0.717) is 0 Å². The van der Waals surface area contributed by atoms with Crippen molar-refractivity contribution in [2.24, 2.45) is 0 Å². The molecule has 1 aromatic rings. The number of amides is 1. The van der Waals surface area contributed by atoms with Crippen molar-refractivity contribution in [2.45, 2.75) is 25.0 Å². The van der Waals surface area contributed by atoms with Crippen LogP contribution in [0, 0.1) is 6.92 Å². The lowest BCUT2D eigenvalue weighted by molar-refractivity contribution is -0.274. The molecule has 2 rings (SSSR count). The Kier molecular flexibility index (Phi) is 4.07. The van der Waals surface area contributed by atoms with Crippen molar-refractivity contribution in [1.82, 2.24) is 0 Å². The van der Waals surface area contributed by atoms with E-state index >= 15 is 0 Å². The zero-order valence-corrected chi connectivity index (χ0v) is 12.0. The molecule has 1 saturated heterocycles. The van der Waals surface area contributed by atoms with Crippen molar-refractivity contribution in [3.8, 4) is 5.75 Å². The smallest absolute Gasteiger partial charge is 0.406 e. The van der Waals surface area contributed by atoms with Crippen molar-refractivity contribution in [2.75, 3.05) is 11.4 Å². The average molecular weight is 341 g/mol. The number of benzene rings is 1. The van der Waals surface area contributed by atoms with Crippen molar-refractivity contribution in [3.63, 3.8) is 0 Å². The van der Waals surface area contributed by atoms with Crippen molar-refractivity contribution >= 4 is 21.8 Å². The van der Waals surface area contributed by atoms with Gasteiger partial charge < -0.3 is 9.64 Å². The molecule has 1 unspecified atom stereocenters. The van der Waals surface area contributed by atoms with Gasteiger partial charge in [-0.25, -0.2) is 0 Å². The van der Waals surface area contributed by atoms with Gasteiger partial charge in [0.2, 0.25) is 5.91 Å². The van der Waals surface area contributed by atoms with Crippen LogP contribution in [-0.2, 0) is 15.0 Å². The van der Waals surface area contributed by atoms with Crippen molar-refractivity contribution < 1.29 is 35.0 Å². The monoisotopic (exact) mass is 341 g/mol. The highest BCUT2D eigenvalue weighted by molar-refractivity contribution is 7.87. The first-order valence-corrected chi connectivity index (χ1v) is 7.52. The maximum Gasteiger partial charge on any atom is 0.573 e. The molecule has 1 amide bonds. The number of carbonyl (C=O) groups excluding carboxylic acids is 1. The number of carbonyl (C=O) groups is 1. The predicted molar refractivity (Wildman–Crippen MR) is 68.6 cm³/mol. The number of hydrogen-bond acceptors (Lipinski definition) is 4. The second-order valence-electron chi connectivity index (χ2n) is 4.80. The lowest BCUT2D eigenvalue weighted by Crippen LogP contribution is -2.27. The molecule has 1 aromatic carbocycles. The van der Waals surface area contributed by atoms with E-state index in [1.54, 1.807) is 0 Å². The molecule has 5 nitrogen and oxygen atoms in total. The Morgan fingerprint density at radius 1 is 1.32 bits per heavy atom. The number of alkyl halides is 3. The fourth-order valence-electron chi connectivity index (χ4n) is 2.22. The molecule has 1 atom stereocenters. The second kappa shape index (κ2) is 5.41. The Balaban J connectivity index is 2.25. The van der Waals surface area contributed by atoms with Crippen LogP contribution in [0.2, 0.25) is 0 Å². The standard InChI is InChI=1S/C12H11F4NO4S/c1-7-4-8(21-12(13,14)15)2-3-10(7)17-6-9(5-11(17)18)22(16,19)20/h2-4,9H,5-6H2,1H3. The van der Waals surface area contributed by atoms with Crippen molar-refractivity contribution in [3.05, 3.63) is 23.8 Å².